The van der Waals surface area contributed by atoms with Crippen LogP contribution in [0, 0.1) is 11.7 Å². The zero-order chi connectivity index (χ0) is 13.7. The predicted octanol–water partition coefficient (Wildman–Crippen LogP) is 2.74. The maximum Gasteiger partial charge on any atom is 0.169 e. The summed E-state index contributed by atoms with van der Waals surface area (Å²) >= 11 is 0. The van der Waals surface area contributed by atoms with Crippen molar-refractivity contribution >= 4 is 0 Å². The molecule has 1 unspecified atom stereocenters. The molecule has 4 heteroatoms. The number of hydrogen-bond acceptors (Lipinski definition) is 3. The Morgan fingerprint density at radius 3 is 2.84 bits per heavy atom. The summed E-state index contributed by atoms with van der Waals surface area (Å²) < 4.78 is 24.3. The van der Waals surface area contributed by atoms with Gasteiger partial charge in [-0.05, 0) is 31.7 Å². The lowest BCUT2D eigenvalue weighted by molar-refractivity contribution is 0.0557. The van der Waals surface area contributed by atoms with Gasteiger partial charge in [-0.15, -0.1) is 0 Å². The minimum absolute atomic E-state index is 0.267. The van der Waals surface area contributed by atoms with Crippen molar-refractivity contribution in [1.82, 2.24) is 5.32 Å². The van der Waals surface area contributed by atoms with Crippen LogP contribution in [0.4, 0.5) is 4.39 Å². The largest absolute Gasteiger partial charge is 0.494 e. The minimum atomic E-state index is -0.267. The molecule has 1 saturated heterocycles. The summed E-state index contributed by atoms with van der Waals surface area (Å²) in [6, 6.07) is 5.62. The second-order valence-corrected chi connectivity index (χ2v) is 5.05. The molecule has 0 saturated carbocycles. The first-order valence-corrected chi connectivity index (χ1v) is 6.85. The topological polar surface area (TPSA) is 30.5 Å². The molecule has 1 aliphatic heterocycles. The second kappa shape index (κ2) is 6.87. The quantitative estimate of drug-likeness (QED) is 0.890. The molecule has 0 amide bonds. The first-order chi connectivity index (χ1) is 9.22. The van der Waals surface area contributed by atoms with Crippen molar-refractivity contribution in [3.8, 4) is 5.75 Å². The van der Waals surface area contributed by atoms with E-state index in [1.807, 2.05) is 6.07 Å². The molecule has 0 spiro atoms. The molecule has 1 fully saturated rings. The van der Waals surface area contributed by atoms with Crippen molar-refractivity contribution in [2.75, 3.05) is 20.3 Å². The van der Waals surface area contributed by atoms with E-state index in [4.69, 9.17) is 9.47 Å². The molecule has 1 atom stereocenters. The lowest BCUT2D eigenvalue weighted by Crippen LogP contribution is -2.36. The monoisotopic (exact) mass is 267 g/mol. The van der Waals surface area contributed by atoms with Gasteiger partial charge in [-0.3, -0.25) is 0 Å². The summed E-state index contributed by atoms with van der Waals surface area (Å²) in [6.45, 7) is 4.37. The Labute approximate surface area is 114 Å². The normalized spacial score (nSPS) is 18.3. The maximum absolute atomic E-state index is 14.0. The van der Waals surface area contributed by atoms with Gasteiger partial charge in [0.1, 0.15) is 0 Å². The van der Waals surface area contributed by atoms with Gasteiger partial charge in [0, 0.05) is 31.4 Å². The minimum Gasteiger partial charge on any atom is -0.494 e. The van der Waals surface area contributed by atoms with Gasteiger partial charge in [0.05, 0.1) is 7.11 Å². The molecular weight excluding hydrogens is 245 g/mol. The highest BCUT2D eigenvalue weighted by molar-refractivity contribution is 5.30. The van der Waals surface area contributed by atoms with Crippen LogP contribution < -0.4 is 10.1 Å². The zero-order valence-corrected chi connectivity index (χ0v) is 11.6. The maximum atomic E-state index is 14.0. The molecule has 3 nitrogen and oxygen atoms in total. The summed E-state index contributed by atoms with van der Waals surface area (Å²) in [5, 5.41) is 3.41. The number of hydrogen-bond donors (Lipinski definition) is 1. The van der Waals surface area contributed by atoms with Crippen LogP contribution in [0.2, 0.25) is 0 Å². The predicted molar refractivity (Wildman–Crippen MR) is 72.8 cm³/mol. The Morgan fingerprint density at radius 1 is 1.42 bits per heavy atom. The Hall–Kier alpha value is -1.13. The number of methoxy groups -OCH3 is 1. The smallest absolute Gasteiger partial charge is 0.169 e. The van der Waals surface area contributed by atoms with E-state index in [1.54, 1.807) is 12.1 Å². The van der Waals surface area contributed by atoms with Gasteiger partial charge in [0.25, 0.3) is 0 Å². The summed E-state index contributed by atoms with van der Waals surface area (Å²) in [4.78, 5) is 0. The summed E-state index contributed by atoms with van der Waals surface area (Å²) in [5.74, 6) is 0.650. The fourth-order valence-corrected chi connectivity index (χ4v) is 2.50. The molecule has 0 bridgehead atoms. The van der Waals surface area contributed by atoms with Crippen molar-refractivity contribution in [3.63, 3.8) is 0 Å². The molecule has 1 aromatic carbocycles. The van der Waals surface area contributed by atoms with Crippen LogP contribution in [0.5, 0.6) is 5.75 Å². The van der Waals surface area contributed by atoms with Crippen molar-refractivity contribution in [3.05, 3.63) is 29.6 Å². The Balaban J connectivity index is 1.91. The molecule has 0 aliphatic carbocycles. The van der Waals surface area contributed by atoms with Crippen LogP contribution in [0.25, 0.3) is 0 Å². The van der Waals surface area contributed by atoms with Gasteiger partial charge in [-0.25, -0.2) is 4.39 Å². The van der Waals surface area contributed by atoms with Crippen LogP contribution >= 0.6 is 0 Å². The molecule has 0 aromatic heterocycles. The summed E-state index contributed by atoms with van der Waals surface area (Å²) in [5.41, 5.74) is 0.651. The number of benzene rings is 1. The van der Waals surface area contributed by atoms with Crippen LogP contribution in [0.3, 0.4) is 0 Å². The van der Waals surface area contributed by atoms with E-state index in [1.165, 1.54) is 7.11 Å². The van der Waals surface area contributed by atoms with E-state index in [0.29, 0.717) is 29.8 Å². The standard InChI is InChI=1S/C15H22FNO2/c1-11(12-6-8-19-9-7-12)17-10-13-4-3-5-14(18-2)15(13)16/h3-5,11-12,17H,6-10H2,1-2H3. The fraction of sp³-hybridized carbons (Fsp3) is 0.600. The van der Waals surface area contributed by atoms with Gasteiger partial charge < -0.3 is 14.8 Å². The third-order valence-electron chi connectivity index (χ3n) is 3.85. The van der Waals surface area contributed by atoms with Crippen LogP contribution in [-0.2, 0) is 11.3 Å². The highest BCUT2D eigenvalue weighted by Crippen LogP contribution is 2.22. The van der Waals surface area contributed by atoms with Gasteiger partial charge in [-0.2, -0.15) is 0 Å². The highest BCUT2D eigenvalue weighted by Gasteiger charge is 2.20. The van der Waals surface area contributed by atoms with Gasteiger partial charge in [-0.1, -0.05) is 12.1 Å². The highest BCUT2D eigenvalue weighted by atomic mass is 19.1. The van der Waals surface area contributed by atoms with E-state index in [0.717, 1.165) is 26.1 Å². The second-order valence-electron chi connectivity index (χ2n) is 5.05. The van der Waals surface area contributed by atoms with Crippen LogP contribution in [0.1, 0.15) is 25.3 Å². The van der Waals surface area contributed by atoms with Crippen LogP contribution in [0.15, 0.2) is 18.2 Å². The summed E-state index contributed by atoms with van der Waals surface area (Å²) in [7, 11) is 1.49. The lowest BCUT2D eigenvalue weighted by Gasteiger charge is -2.28. The SMILES string of the molecule is COc1cccc(CNC(C)C2CCOCC2)c1F. The van der Waals surface area contributed by atoms with Crippen molar-refractivity contribution in [1.29, 1.82) is 0 Å². The van der Waals surface area contributed by atoms with E-state index in [9.17, 15) is 4.39 Å². The molecule has 2 rings (SSSR count). The van der Waals surface area contributed by atoms with E-state index in [-0.39, 0.29) is 5.82 Å². The molecule has 106 valence electrons. The fourth-order valence-electron chi connectivity index (χ4n) is 2.50. The summed E-state index contributed by atoms with van der Waals surface area (Å²) in [6.07, 6.45) is 2.16. The first kappa shape index (κ1) is 14.3. The number of halogens is 1. The average molecular weight is 267 g/mol. The molecule has 1 heterocycles. The number of nitrogens with one attached hydrogen (secondary N) is 1. The van der Waals surface area contributed by atoms with Crippen molar-refractivity contribution < 1.29 is 13.9 Å². The Bertz CT molecular complexity index is 405. The number of ether oxygens (including phenoxy) is 2. The zero-order valence-electron chi connectivity index (χ0n) is 11.6. The Morgan fingerprint density at radius 2 is 2.16 bits per heavy atom. The van der Waals surface area contributed by atoms with Crippen LogP contribution in [-0.4, -0.2) is 26.4 Å². The first-order valence-electron chi connectivity index (χ1n) is 6.85. The molecule has 1 N–H and O–H groups in total. The van der Waals surface area contributed by atoms with Crippen molar-refractivity contribution in [2.24, 2.45) is 5.92 Å². The van der Waals surface area contributed by atoms with E-state index < -0.39 is 0 Å². The van der Waals surface area contributed by atoms with Gasteiger partial charge >= 0.3 is 0 Å². The van der Waals surface area contributed by atoms with E-state index >= 15 is 0 Å². The molecule has 19 heavy (non-hydrogen) atoms. The van der Waals surface area contributed by atoms with Crippen molar-refractivity contribution in [2.45, 2.75) is 32.4 Å². The van der Waals surface area contributed by atoms with Gasteiger partial charge in [0.2, 0.25) is 0 Å². The third-order valence-corrected chi connectivity index (χ3v) is 3.85. The van der Waals surface area contributed by atoms with E-state index in [2.05, 4.69) is 12.2 Å². The molecular formula is C15H22FNO2. The third kappa shape index (κ3) is 3.67. The Kier molecular flexibility index (Phi) is 5.16. The molecule has 1 aliphatic rings. The average Bonchev–Trinajstić information content (AvgIpc) is 2.47. The molecule has 1 aromatic rings. The number of rotatable bonds is 5. The lowest BCUT2D eigenvalue weighted by atomic mass is 9.93. The van der Waals surface area contributed by atoms with Gasteiger partial charge in [0.15, 0.2) is 11.6 Å². The molecule has 0 radical (unpaired) electrons.